The molecule has 0 spiro atoms. The van der Waals surface area contributed by atoms with Gasteiger partial charge < -0.3 is 10.6 Å². The molecule has 1 aliphatic carbocycles. The maximum absolute atomic E-state index is 11.1. The maximum Gasteiger partial charge on any atom is 0.220 e. The summed E-state index contributed by atoms with van der Waals surface area (Å²) in [6, 6.07) is 0.905. The first-order valence-corrected chi connectivity index (χ1v) is 6.21. The molecular formula is C11H17N5O. The quantitative estimate of drug-likeness (QED) is 0.742. The number of amides is 1. The highest BCUT2D eigenvalue weighted by atomic mass is 16.1. The van der Waals surface area contributed by atoms with E-state index in [0.717, 1.165) is 25.2 Å². The van der Waals surface area contributed by atoms with Crippen molar-refractivity contribution in [1.82, 2.24) is 25.6 Å². The second-order valence-corrected chi connectivity index (χ2v) is 4.89. The molecule has 1 aromatic rings. The summed E-state index contributed by atoms with van der Waals surface area (Å²) in [6.45, 7) is 1.52. The van der Waals surface area contributed by atoms with Crippen molar-refractivity contribution in [3.63, 3.8) is 0 Å². The van der Waals surface area contributed by atoms with Crippen LogP contribution in [0.1, 0.15) is 31.4 Å². The minimum Gasteiger partial charge on any atom is -0.351 e. The van der Waals surface area contributed by atoms with Crippen LogP contribution < -0.4 is 10.6 Å². The first-order chi connectivity index (χ1) is 8.29. The lowest BCUT2D eigenvalue weighted by Crippen LogP contribution is -2.29. The van der Waals surface area contributed by atoms with E-state index in [4.69, 9.17) is 0 Å². The van der Waals surface area contributed by atoms with Crippen LogP contribution in [0.4, 0.5) is 0 Å². The monoisotopic (exact) mass is 235 g/mol. The fourth-order valence-electron chi connectivity index (χ4n) is 2.09. The fourth-order valence-corrected chi connectivity index (χ4v) is 2.09. The highest BCUT2D eigenvalue weighted by molar-refractivity contribution is 5.78. The Balaban J connectivity index is 1.50. The molecule has 6 nitrogen and oxygen atoms in total. The standard InChI is InChI=1S/C11H17N5O/c17-11-4-3-9(13-11)6-16-7-10(14-15-16)5-12-8-1-2-8/h7-9,12H,1-6H2,(H,13,17). The Morgan fingerprint density at radius 2 is 2.35 bits per heavy atom. The fraction of sp³-hybridized carbons (Fsp3) is 0.727. The summed E-state index contributed by atoms with van der Waals surface area (Å²) in [5, 5.41) is 14.5. The summed E-state index contributed by atoms with van der Waals surface area (Å²) in [4.78, 5) is 11.1. The van der Waals surface area contributed by atoms with Crippen molar-refractivity contribution in [2.24, 2.45) is 0 Å². The summed E-state index contributed by atoms with van der Waals surface area (Å²) < 4.78 is 1.82. The first-order valence-electron chi connectivity index (χ1n) is 6.21. The van der Waals surface area contributed by atoms with Gasteiger partial charge in [0.2, 0.25) is 5.91 Å². The largest absolute Gasteiger partial charge is 0.351 e. The van der Waals surface area contributed by atoms with Crippen LogP contribution in [0.3, 0.4) is 0 Å². The molecule has 1 saturated heterocycles. The van der Waals surface area contributed by atoms with Crippen molar-refractivity contribution in [2.75, 3.05) is 0 Å². The number of aromatic nitrogens is 3. The number of nitrogens with one attached hydrogen (secondary N) is 2. The average Bonchev–Trinajstić information content (AvgIpc) is 2.90. The summed E-state index contributed by atoms with van der Waals surface area (Å²) in [6.07, 6.45) is 6.05. The van der Waals surface area contributed by atoms with Crippen LogP contribution >= 0.6 is 0 Å². The molecule has 3 rings (SSSR count). The SMILES string of the molecule is O=C1CCC(Cn2cc(CNC3CC3)nn2)N1. The van der Waals surface area contributed by atoms with E-state index in [1.165, 1.54) is 12.8 Å². The van der Waals surface area contributed by atoms with E-state index in [9.17, 15) is 4.79 Å². The van der Waals surface area contributed by atoms with Crippen LogP contribution in [-0.4, -0.2) is 33.0 Å². The molecule has 0 radical (unpaired) electrons. The summed E-state index contributed by atoms with van der Waals surface area (Å²) in [7, 11) is 0. The molecule has 1 aromatic heterocycles. The third-order valence-corrected chi connectivity index (χ3v) is 3.23. The van der Waals surface area contributed by atoms with E-state index in [0.29, 0.717) is 12.5 Å². The third kappa shape index (κ3) is 2.82. The van der Waals surface area contributed by atoms with Gasteiger partial charge in [-0.2, -0.15) is 0 Å². The molecule has 1 aliphatic heterocycles. The Hall–Kier alpha value is -1.43. The Bertz CT molecular complexity index is 412. The first kappa shape index (κ1) is 10.7. The van der Waals surface area contributed by atoms with Gasteiger partial charge in [-0.25, -0.2) is 0 Å². The van der Waals surface area contributed by atoms with Crippen LogP contribution in [0.25, 0.3) is 0 Å². The minimum atomic E-state index is 0.144. The average molecular weight is 235 g/mol. The Morgan fingerprint density at radius 1 is 1.47 bits per heavy atom. The Morgan fingerprint density at radius 3 is 3.06 bits per heavy atom. The normalized spacial score (nSPS) is 24.0. The predicted molar refractivity (Wildman–Crippen MR) is 61.0 cm³/mol. The number of hydrogen-bond acceptors (Lipinski definition) is 4. The topological polar surface area (TPSA) is 71.8 Å². The molecule has 6 heteroatoms. The molecule has 1 saturated carbocycles. The van der Waals surface area contributed by atoms with Gasteiger partial charge in [-0.1, -0.05) is 5.21 Å². The van der Waals surface area contributed by atoms with E-state index in [2.05, 4.69) is 20.9 Å². The van der Waals surface area contributed by atoms with Gasteiger partial charge in [0, 0.05) is 31.2 Å². The van der Waals surface area contributed by atoms with Crippen LogP contribution in [0.5, 0.6) is 0 Å². The molecule has 2 aliphatic rings. The highest BCUT2D eigenvalue weighted by Crippen LogP contribution is 2.18. The zero-order chi connectivity index (χ0) is 11.7. The molecule has 0 bridgehead atoms. The summed E-state index contributed by atoms with van der Waals surface area (Å²) >= 11 is 0. The van der Waals surface area contributed by atoms with Crippen molar-refractivity contribution >= 4 is 5.91 Å². The smallest absolute Gasteiger partial charge is 0.220 e. The molecule has 2 heterocycles. The van der Waals surface area contributed by atoms with Gasteiger partial charge in [0.05, 0.1) is 12.2 Å². The summed E-state index contributed by atoms with van der Waals surface area (Å²) in [5.74, 6) is 0.144. The lowest BCUT2D eigenvalue weighted by Gasteiger charge is -2.08. The van der Waals surface area contributed by atoms with Gasteiger partial charge in [0.1, 0.15) is 0 Å². The van der Waals surface area contributed by atoms with Gasteiger partial charge >= 0.3 is 0 Å². The van der Waals surface area contributed by atoms with Crippen LogP contribution in [-0.2, 0) is 17.9 Å². The molecule has 1 atom stereocenters. The molecule has 1 unspecified atom stereocenters. The van der Waals surface area contributed by atoms with E-state index >= 15 is 0 Å². The van der Waals surface area contributed by atoms with Gasteiger partial charge in [-0.15, -0.1) is 5.10 Å². The number of carbonyl (C=O) groups excluding carboxylic acids is 1. The van der Waals surface area contributed by atoms with Gasteiger partial charge in [0.25, 0.3) is 0 Å². The van der Waals surface area contributed by atoms with Crippen LogP contribution in [0.15, 0.2) is 6.20 Å². The minimum absolute atomic E-state index is 0.144. The summed E-state index contributed by atoms with van der Waals surface area (Å²) in [5.41, 5.74) is 0.973. The maximum atomic E-state index is 11.1. The second-order valence-electron chi connectivity index (χ2n) is 4.89. The van der Waals surface area contributed by atoms with Crippen molar-refractivity contribution in [3.05, 3.63) is 11.9 Å². The van der Waals surface area contributed by atoms with Crippen molar-refractivity contribution in [2.45, 2.75) is 50.9 Å². The number of carbonyl (C=O) groups is 1. The second kappa shape index (κ2) is 4.44. The number of hydrogen-bond donors (Lipinski definition) is 2. The van der Waals surface area contributed by atoms with Crippen molar-refractivity contribution in [3.8, 4) is 0 Å². The van der Waals surface area contributed by atoms with Crippen molar-refractivity contribution in [1.29, 1.82) is 0 Å². The lowest BCUT2D eigenvalue weighted by molar-refractivity contribution is -0.119. The van der Waals surface area contributed by atoms with Gasteiger partial charge in [0.15, 0.2) is 0 Å². The van der Waals surface area contributed by atoms with Gasteiger partial charge in [-0.05, 0) is 19.3 Å². The van der Waals surface area contributed by atoms with E-state index < -0.39 is 0 Å². The number of rotatable bonds is 5. The molecule has 17 heavy (non-hydrogen) atoms. The van der Waals surface area contributed by atoms with Crippen LogP contribution in [0.2, 0.25) is 0 Å². The molecule has 0 aromatic carbocycles. The third-order valence-electron chi connectivity index (χ3n) is 3.23. The zero-order valence-electron chi connectivity index (χ0n) is 9.72. The predicted octanol–water partition coefficient (Wildman–Crippen LogP) is -0.191. The van der Waals surface area contributed by atoms with Gasteiger partial charge in [-0.3, -0.25) is 9.48 Å². The molecular weight excluding hydrogens is 218 g/mol. The van der Waals surface area contributed by atoms with Crippen LogP contribution in [0, 0.1) is 0 Å². The molecule has 1 amide bonds. The Kier molecular flexibility index (Phi) is 2.80. The van der Waals surface area contributed by atoms with E-state index in [1.54, 1.807) is 0 Å². The van der Waals surface area contributed by atoms with Crippen molar-refractivity contribution < 1.29 is 4.79 Å². The highest BCUT2D eigenvalue weighted by Gasteiger charge is 2.22. The molecule has 2 N–H and O–H groups in total. The molecule has 92 valence electrons. The lowest BCUT2D eigenvalue weighted by atomic mass is 10.2. The Labute approximate surface area is 99.8 Å². The zero-order valence-corrected chi connectivity index (χ0v) is 9.72. The molecule has 2 fully saturated rings. The number of nitrogens with zero attached hydrogens (tertiary/aromatic N) is 3. The van der Waals surface area contributed by atoms with E-state index in [1.807, 2.05) is 10.9 Å². The van der Waals surface area contributed by atoms with E-state index in [-0.39, 0.29) is 11.9 Å².